The Morgan fingerprint density at radius 3 is 2.23 bits per heavy atom. The zero-order valence-corrected chi connectivity index (χ0v) is 24.2. The number of carbonyl (C=O) groups is 1. The van der Waals surface area contributed by atoms with Crippen molar-refractivity contribution in [2.75, 3.05) is 39.8 Å². The lowest BCUT2D eigenvalue weighted by molar-refractivity contribution is -0.145. The number of aliphatic carboxylic acids is 1. The molecule has 2 unspecified atom stereocenters. The van der Waals surface area contributed by atoms with E-state index in [-0.39, 0.29) is 6.04 Å². The highest BCUT2D eigenvalue weighted by Gasteiger charge is 2.38. The molecule has 0 bridgehead atoms. The zero-order chi connectivity index (χ0) is 27.7. The summed E-state index contributed by atoms with van der Waals surface area (Å²) in [7, 11) is 2.19. The lowest BCUT2D eigenvalue weighted by Crippen LogP contribution is -2.45. The Morgan fingerprint density at radius 2 is 1.55 bits per heavy atom. The van der Waals surface area contributed by atoms with Crippen LogP contribution in [0.15, 0.2) is 65.7 Å². The number of hydrogen-bond donors (Lipinski definition) is 1. The standard InChI is InChI=1S/C18H25NO2.C16H22N2O/c20-18(21)17(15-9-5-2-6-10-15)19-12-11-16(13-19)14-7-3-1-4-8-14;1-18-9-7-14(8-10-18)16-17-15(12-19-16)11-13-5-3-2-4-6-13/h1,3-4,7-8,15-17H,2,5-6,9-13H2,(H,20,21);2-6,14-15H,7-12H2,1H3/t16-,17?;/m1./s1. The molecule has 1 aliphatic carbocycles. The van der Waals surface area contributed by atoms with Crippen LogP contribution in [-0.4, -0.2) is 78.7 Å². The van der Waals surface area contributed by atoms with Crippen molar-refractivity contribution >= 4 is 11.9 Å². The smallest absolute Gasteiger partial charge is 0.321 e. The predicted octanol–water partition coefficient (Wildman–Crippen LogP) is 5.88. The zero-order valence-electron chi connectivity index (χ0n) is 24.2. The molecule has 0 radical (unpaired) electrons. The van der Waals surface area contributed by atoms with Gasteiger partial charge in [-0.05, 0) is 88.2 Å². The van der Waals surface area contributed by atoms with Gasteiger partial charge in [-0.25, -0.2) is 4.99 Å². The van der Waals surface area contributed by atoms with Gasteiger partial charge in [-0.15, -0.1) is 0 Å². The van der Waals surface area contributed by atoms with Crippen molar-refractivity contribution in [3.8, 4) is 0 Å². The first-order valence-electron chi connectivity index (χ1n) is 15.5. The second-order valence-electron chi connectivity index (χ2n) is 12.3. The maximum atomic E-state index is 11.8. The van der Waals surface area contributed by atoms with E-state index in [2.05, 4.69) is 71.4 Å². The van der Waals surface area contributed by atoms with Gasteiger partial charge in [0.25, 0.3) is 0 Å². The molecule has 0 aromatic heterocycles. The molecule has 216 valence electrons. The van der Waals surface area contributed by atoms with E-state index < -0.39 is 5.97 Å². The number of nitrogens with zero attached hydrogens (tertiary/aromatic N) is 3. The number of ether oxygens (including phenoxy) is 1. The van der Waals surface area contributed by atoms with E-state index in [9.17, 15) is 9.90 Å². The Balaban J connectivity index is 0.000000162. The molecule has 6 rings (SSSR count). The quantitative estimate of drug-likeness (QED) is 0.471. The van der Waals surface area contributed by atoms with Gasteiger partial charge >= 0.3 is 5.97 Å². The molecule has 3 heterocycles. The second kappa shape index (κ2) is 14.3. The molecule has 1 saturated carbocycles. The first kappa shape index (κ1) is 28.8. The normalized spacial score (nSPS) is 25.5. The minimum Gasteiger partial charge on any atom is -0.480 e. The SMILES string of the molecule is CN1CCC(C2=NC(Cc3ccccc3)CO2)CC1.O=C(O)C(C1CCCCC1)N1CC[C@@H](c2ccccc2)C1. The number of piperidine rings is 1. The molecule has 1 N–H and O–H groups in total. The summed E-state index contributed by atoms with van der Waals surface area (Å²) in [5, 5.41) is 9.70. The first-order chi connectivity index (χ1) is 19.6. The van der Waals surface area contributed by atoms with E-state index in [4.69, 9.17) is 9.73 Å². The summed E-state index contributed by atoms with van der Waals surface area (Å²) in [6.07, 6.45) is 10.3. The number of carboxylic acid groups (broad SMARTS) is 1. The topological polar surface area (TPSA) is 65.4 Å². The van der Waals surface area contributed by atoms with Crippen LogP contribution in [0.25, 0.3) is 0 Å². The first-order valence-corrected chi connectivity index (χ1v) is 15.5. The van der Waals surface area contributed by atoms with E-state index >= 15 is 0 Å². The van der Waals surface area contributed by atoms with E-state index in [0.29, 0.717) is 23.8 Å². The van der Waals surface area contributed by atoms with Crippen LogP contribution >= 0.6 is 0 Å². The number of carboxylic acids is 1. The van der Waals surface area contributed by atoms with Crippen molar-refractivity contribution in [1.29, 1.82) is 0 Å². The van der Waals surface area contributed by atoms with Crippen LogP contribution < -0.4 is 0 Å². The van der Waals surface area contributed by atoms with E-state index in [1.807, 2.05) is 6.07 Å². The third-order valence-electron chi connectivity index (χ3n) is 9.35. The van der Waals surface area contributed by atoms with Gasteiger partial charge in [0.05, 0.1) is 6.04 Å². The van der Waals surface area contributed by atoms with Gasteiger partial charge in [-0.2, -0.15) is 0 Å². The summed E-state index contributed by atoms with van der Waals surface area (Å²) >= 11 is 0. The van der Waals surface area contributed by atoms with Crippen molar-refractivity contribution in [3.05, 3.63) is 71.8 Å². The van der Waals surface area contributed by atoms with Gasteiger partial charge in [-0.1, -0.05) is 79.9 Å². The Bertz CT molecular complexity index is 1080. The molecule has 0 amide bonds. The average molecular weight is 546 g/mol. The van der Waals surface area contributed by atoms with Crippen LogP contribution in [0.2, 0.25) is 0 Å². The monoisotopic (exact) mass is 545 g/mol. The maximum absolute atomic E-state index is 11.8. The molecule has 6 nitrogen and oxygen atoms in total. The van der Waals surface area contributed by atoms with Gasteiger partial charge in [-0.3, -0.25) is 9.69 Å². The lowest BCUT2D eigenvalue weighted by Gasteiger charge is -2.33. The minimum atomic E-state index is -0.615. The van der Waals surface area contributed by atoms with Crippen LogP contribution in [0, 0.1) is 11.8 Å². The average Bonchev–Trinajstić information content (AvgIpc) is 3.66. The van der Waals surface area contributed by atoms with Crippen LogP contribution in [0.5, 0.6) is 0 Å². The molecule has 3 fully saturated rings. The van der Waals surface area contributed by atoms with E-state index in [1.165, 1.54) is 43.2 Å². The molecule has 4 aliphatic rings. The van der Waals surface area contributed by atoms with Crippen LogP contribution in [0.1, 0.15) is 68.4 Å². The largest absolute Gasteiger partial charge is 0.480 e. The molecule has 2 saturated heterocycles. The van der Waals surface area contributed by atoms with Crippen molar-refractivity contribution < 1.29 is 14.6 Å². The number of likely N-dealkylation sites (tertiary alicyclic amines) is 2. The lowest BCUT2D eigenvalue weighted by atomic mass is 9.83. The molecule has 3 aliphatic heterocycles. The minimum absolute atomic E-state index is 0.265. The number of aliphatic imine (C=N–C) groups is 1. The fraction of sp³-hybridized carbons (Fsp3) is 0.588. The van der Waals surface area contributed by atoms with Crippen LogP contribution in [0.3, 0.4) is 0 Å². The summed E-state index contributed by atoms with van der Waals surface area (Å²) in [4.78, 5) is 21.2. The summed E-state index contributed by atoms with van der Waals surface area (Å²) in [5.41, 5.74) is 2.71. The summed E-state index contributed by atoms with van der Waals surface area (Å²) in [6.45, 7) is 4.91. The third kappa shape index (κ3) is 7.73. The van der Waals surface area contributed by atoms with Crippen molar-refractivity contribution in [1.82, 2.24) is 9.80 Å². The Morgan fingerprint density at radius 1 is 0.900 bits per heavy atom. The van der Waals surface area contributed by atoms with Gasteiger partial charge in [0.1, 0.15) is 12.6 Å². The number of hydrogen-bond acceptors (Lipinski definition) is 5. The summed E-state index contributed by atoms with van der Waals surface area (Å²) < 4.78 is 5.84. The number of benzene rings is 2. The summed E-state index contributed by atoms with van der Waals surface area (Å²) in [5.74, 6) is 1.81. The number of rotatable bonds is 7. The van der Waals surface area contributed by atoms with Crippen LogP contribution in [-0.2, 0) is 16.0 Å². The fourth-order valence-electron chi connectivity index (χ4n) is 7.05. The maximum Gasteiger partial charge on any atom is 0.321 e. The highest BCUT2D eigenvalue weighted by Crippen LogP contribution is 2.34. The molecular weight excluding hydrogens is 498 g/mol. The molecular formula is C34H47N3O3. The molecule has 2 aromatic carbocycles. The second-order valence-corrected chi connectivity index (χ2v) is 12.3. The molecule has 2 aromatic rings. The Kier molecular flexibility index (Phi) is 10.3. The molecule has 40 heavy (non-hydrogen) atoms. The molecule has 6 heteroatoms. The fourth-order valence-corrected chi connectivity index (χ4v) is 7.05. The van der Waals surface area contributed by atoms with Crippen molar-refractivity contribution in [3.63, 3.8) is 0 Å². The van der Waals surface area contributed by atoms with E-state index in [1.54, 1.807) is 0 Å². The van der Waals surface area contributed by atoms with Gasteiger partial charge in [0, 0.05) is 12.5 Å². The van der Waals surface area contributed by atoms with Gasteiger partial charge in [0.2, 0.25) is 0 Å². The van der Waals surface area contributed by atoms with Crippen molar-refractivity contribution in [2.45, 2.75) is 75.8 Å². The molecule has 3 atom stereocenters. The predicted molar refractivity (Wildman–Crippen MR) is 161 cm³/mol. The molecule has 0 spiro atoms. The highest BCUT2D eigenvalue weighted by molar-refractivity contribution is 5.80. The summed E-state index contributed by atoms with van der Waals surface area (Å²) in [6, 6.07) is 21.2. The third-order valence-corrected chi connectivity index (χ3v) is 9.35. The van der Waals surface area contributed by atoms with Crippen LogP contribution in [0.4, 0.5) is 0 Å². The van der Waals surface area contributed by atoms with Gasteiger partial charge < -0.3 is 14.7 Å². The highest BCUT2D eigenvalue weighted by atomic mass is 16.5. The van der Waals surface area contributed by atoms with Gasteiger partial charge in [0.15, 0.2) is 5.90 Å². The van der Waals surface area contributed by atoms with Crippen molar-refractivity contribution in [2.24, 2.45) is 16.8 Å². The van der Waals surface area contributed by atoms with E-state index in [0.717, 1.165) is 64.4 Å². The Hall–Kier alpha value is -2.70. The Labute approximate surface area is 240 Å².